The molecule has 0 bridgehead atoms. The summed E-state index contributed by atoms with van der Waals surface area (Å²) in [6.45, 7) is 6.99. The Morgan fingerprint density at radius 1 is 0.651 bits per heavy atom. The van der Waals surface area contributed by atoms with Crippen LogP contribution in [0.1, 0.15) is 128 Å². The van der Waals surface area contributed by atoms with Crippen molar-refractivity contribution in [1.82, 2.24) is 55.4 Å². The van der Waals surface area contributed by atoms with Crippen LogP contribution >= 0.6 is 8.60 Å². The molecule has 27 nitrogen and oxygen atoms in total. The molecule has 0 saturated carbocycles. The Hall–Kier alpha value is -10.2. The van der Waals surface area contributed by atoms with E-state index in [4.69, 9.17) is 47.0 Å². The summed E-state index contributed by atoms with van der Waals surface area (Å²) >= 11 is 0. The van der Waals surface area contributed by atoms with Crippen molar-refractivity contribution < 1.29 is 66.3 Å². The molecule has 13 rings (SSSR count). The van der Waals surface area contributed by atoms with Crippen LogP contribution in [0.15, 0.2) is 177 Å². The van der Waals surface area contributed by atoms with E-state index >= 15 is 0 Å². The number of aromatic nitrogens is 8. The van der Waals surface area contributed by atoms with Crippen molar-refractivity contribution in [2.45, 2.75) is 121 Å². The fourth-order valence-corrected chi connectivity index (χ4v) is 14.6. The van der Waals surface area contributed by atoms with Crippen molar-refractivity contribution in [2.75, 3.05) is 64.9 Å². The lowest BCUT2D eigenvalue weighted by Crippen LogP contribution is -2.38. The molecule has 3 unspecified atom stereocenters. The molecular weight excluding hydrogens is 1370 g/mol. The number of methoxy groups -OCH3 is 2. The van der Waals surface area contributed by atoms with Crippen LogP contribution in [-0.2, 0) is 54.3 Å². The molecule has 554 valence electrons. The van der Waals surface area contributed by atoms with E-state index in [-0.39, 0.29) is 87.8 Å². The number of carbonyl (C=O) groups excluding carboxylic acids is 4. The van der Waals surface area contributed by atoms with Gasteiger partial charge in [0.25, 0.3) is 5.91 Å². The van der Waals surface area contributed by atoms with Crippen LogP contribution in [0, 0.1) is 5.92 Å². The Morgan fingerprint density at radius 3 is 1.83 bits per heavy atom. The molecule has 2 aliphatic heterocycles. The molecule has 1 aliphatic carbocycles. The number of anilines is 2. The van der Waals surface area contributed by atoms with E-state index in [1.54, 1.807) is 61.0 Å². The third-order valence-corrected chi connectivity index (χ3v) is 20.2. The highest BCUT2D eigenvalue weighted by molar-refractivity contribution is 7.41. The number of nitrogens with one attached hydrogen (secondary N) is 3. The highest BCUT2D eigenvalue weighted by atomic mass is 31.2. The quantitative estimate of drug-likeness (QED) is 0.0193. The smallest absolute Gasteiger partial charge is 0.409 e. The number of aliphatic hydroxyl groups excluding tert-OH is 1. The van der Waals surface area contributed by atoms with Gasteiger partial charge in [-0.15, -0.1) is 0 Å². The Labute approximate surface area is 615 Å². The number of hydrogen-bond donors (Lipinski definition) is 5. The van der Waals surface area contributed by atoms with Gasteiger partial charge in [0, 0.05) is 57.3 Å². The molecule has 0 spiro atoms. The second-order valence-electron chi connectivity index (χ2n) is 26.4. The first-order chi connectivity index (χ1) is 51.2. The molecule has 7 N–H and O–H groups in total. The number of hydrogen-bond acceptors (Lipinski definition) is 21. The van der Waals surface area contributed by atoms with Crippen molar-refractivity contribution in [2.24, 2.45) is 5.92 Å². The third kappa shape index (κ3) is 17.0. The van der Waals surface area contributed by atoms with Crippen LogP contribution in [0.25, 0.3) is 33.5 Å². The van der Waals surface area contributed by atoms with Gasteiger partial charge in [-0.25, -0.2) is 34.7 Å². The summed E-state index contributed by atoms with van der Waals surface area (Å²) in [5.41, 5.74) is 8.27. The lowest BCUT2D eigenvalue weighted by atomic mass is 9.80. The van der Waals surface area contributed by atoms with Crippen molar-refractivity contribution in [3.8, 4) is 22.6 Å². The average molecular weight is 1460 g/mol. The first-order valence-electron chi connectivity index (χ1n) is 35.3. The number of imidazole rings is 2. The van der Waals surface area contributed by atoms with Gasteiger partial charge in [0.05, 0.1) is 58.9 Å². The zero-order valence-corrected chi connectivity index (χ0v) is 60.9. The standard InChI is InChI=1S/C78H85N12O14P.H3N/c1-7-38-100-105(101-44-64-62(91)39-68(102-64)89-47-84-70-72(80-45-82-74(70)89)86-67(93)22-15-37-88(4)77(95)98-42-61-59-20-13-11-18-57(59)58-19-12-14-21-60(58)61)104-63-40-69(90-48-85-71-73(81-46-83-75(71)90)87-76(94)51-26-24-50(25-27-51)41-79-66(92)36-23-49(2)3)103-65(63)43-99-78(52-16-9-8-10-17-52,53-28-32-55(96-5)33-29-53)54-30-34-56(97-6)35-31-54;/h8-14,16-21,24-35,45-49,61-65,68-69,91H,7,15,22-23,36-44H2,1-6H3,(H,79,92)(H,80,82,86,93)(H,81,83,87,94);1H3/t62?,63?,64-,65-,68-,69-,105?;/m1./s1. The first-order valence-corrected chi connectivity index (χ1v) is 36.4. The maximum Gasteiger partial charge on any atom is 0.409 e. The highest BCUT2D eigenvalue weighted by Gasteiger charge is 2.46. The molecular formula is C78H88N13O14P. The number of carbonyl (C=O) groups is 4. The van der Waals surface area contributed by atoms with Crippen molar-refractivity contribution >= 4 is 66.4 Å². The number of ether oxygens (including phenoxy) is 6. The Morgan fingerprint density at radius 2 is 1.23 bits per heavy atom. The normalized spacial score (nSPS) is 17.9. The van der Waals surface area contributed by atoms with Crippen LogP contribution in [0.5, 0.6) is 11.5 Å². The molecule has 0 radical (unpaired) electrons. The van der Waals surface area contributed by atoms with E-state index in [1.165, 1.54) is 23.9 Å². The van der Waals surface area contributed by atoms with Crippen LogP contribution in [0.3, 0.4) is 0 Å². The maximum atomic E-state index is 13.9. The number of aliphatic hydroxyl groups is 1. The van der Waals surface area contributed by atoms with Crippen LogP contribution in [0.2, 0.25) is 0 Å². The summed E-state index contributed by atoms with van der Waals surface area (Å²) in [6, 6.07) is 48.7. The second-order valence-corrected chi connectivity index (χ2v) is 27.6. The fourth-order valence-electron chi connectivity index (χ4n) is 13.4. The van der Waals surface area contributed by atoms with Gasteiger partial charge in [0.1, 0.15) is 61.0 Å². The molecule has 10 aromatic rings. The molecule has 6 heterocycles. The lowest BCUT2D eigenvalue weighted by Gasteiger charge is -2.37. The number of fused-ring (bicyclic) bond motifs is 5. The summed E-state index contributed by atoms with van der Waals surface area (Å²) < 4.78 is 61.6. The topological polar surface area (TPSA) is 333 Å². The molecule has 2 saturated heterocycles. The predicted octanol–water partition coefficient (Wildman–Crippen LogP) is 12.7. The second kappa shape index (κ2) is 34.8. The highest BCUT2D eigenvalue weighted by Crippen LogP contribution is 2.50. The molecule has 106 heavy (non-hydrogen) atoms. The summed E-state index contributed by atoms with van der Waals surface area (Å²) in [6.07, 6.45) is 2.94. The number of benzene rings is 6. The molecule has 2 fully saturated rings. The van der Waals surface area contributed by atoms with Crippen molar-refractivity contribution in [3.05, 3.63) is 216 Å². The lowest BCUT2D eigenvalue weighted by molar-refractivity contribution is -0.121. The Kier molecular flexibility index (Phi) is 24.8. The van der Waals surface area contributed by atoms with Crippen LogP contribution in [0.4, 0.5) is 16.4 Å². The van der Waals surface area contributed by atoms with Gasteiger partial charge < -0.3 is 74.1 Å². The summed E-state index contributed by atoms with van der Waals surface area (Å²) in [7, 11) is 2.69. The molecule has 4 amide bonds. The molecule has 6 aromatic carbocycles. The van der Waals surface area contributed by atoms with Gasteiger partial charge >= 0.3 is 14.7 Å². The number of nitrogens with zero attached hydrogens (tertiary/aromatic N) is 9. The van der Waals surface area contributed by atoms with Gasteiger partial charge in [-0.1, -0.05) is 136 Å². The minimum atomic E-state index is -2.19. The Bertz CT molecular complexity index is 4540. The van der Waals surface area contributed by atoms with E-state index in [0.29, 0.717) is 71.1 Å². The molecule has 28 heteroatoms. The zero-order valence-electron chi connectivity index (χ0n) is 60.0. The third-order valence-electron chi connectivity index (χ3n) is 19.0. The monoisotopic (exact) mass is 1460 g/mol. The van der Waals surface area contributed by atoms with Crippen LogP contribution < -0.4 is 31.6 Å². The summed E-state index contributed by atoms with van der Waals surface area (Å²) in [5, 5.41) is 20.4. The predicted molar refractivity (Wildman–Crippen MR) is 397 cm³/mol. The molecule has 4 aromatic heterocycles. The van der Waals surface area contributed by atoms with E-state index in [1.807, 2.05) is 110 Å². The summed E-state index contributed by atoms with van der Waals surface area (Å²) in [4.78, 5) is 81.7. The van der Waals surface area contributed by atoms with Gasteiger partial charge in [-0.3, -0.25) is 23.5 Å². The fraction of sp³-hybridized carbons (Fsp3) is 0.359. The Balaban J connectivity index is 0.0000105. The van der Waals surface area contributed by atoms with Crippen molar-refractivity contribution in [1.29, 1.82) is 0 Å². The van der Waals surface area contributed by atoms with Crippen molar-refractivity contribution in [3.63, 3.8) is 0 Å². The molecule has 7 atom stereocenters. The minimum Gasteiger partial charge on any atom is -0.497 e. The van der Waals surface area contributed by atoms with Gasteiger partial charge in [-0.2, -0.15) is 0 Å². The largest absolute Gasteiger partial charge is 0.497 e. The van der Waals surface area contributed by atoms with E-state index < -0.39 is 63.1 Å². The van der Waals surface area contributed by atoms with E-state index in [0.717, 1.165) is 50.9 Å². The first kappa shape index (κ1) is 75.5. The zero-order chi connectivity index (χ0) is 73.0. The van der Waals surface area contributed by atoms with Gasteiger partial charge in [-0.05, 0) is 106 Å². The number of rotatable bonds is 32. The average Bonchev–Trinajstić information content (AvgIpc) is 1.04. The van der Waals surface area contributed by atoms with E-state index in [9.17, 15) is 24.3 Å². The summed E-state index contributed by atoms with van der Waals surface area (Å²) in [5.74, 6) is 1.24. The maximum absolute atomic E-state index is 13.9. The minimum absolute atomic E-state index is 0. The molecule has 3 aliphatic rings. The number of amides is 4. The van der Waals surface area contributed by atoms with Gasteiger partial charge in [0.2, 0.25) is 11.8 Å². The van der Waals surface area contributed by atoms with Crippen LogP contribution in [-0.4, -0.2) is 152 Å². The van der Waals surface area contributed by atoms with E-state index in [2.05, 4.69) is 79.0 Å². The van der Waals surface area contributed by atoms with Gasteiger partial charge in [0.15, 0.2) is 34.0 Å². The SMILES string of the molecule is CCCOP(OC[C@H]1O[C@@H](n2cnc3c(NC(=O)CCCN(C)C(=O)OCC4c5ccccc5-c5ccccc54)ncnc32)CC1O)OC1C[C@H](n2cnc3c(NC(=O)c4ccc(CNC(=O)CCC(C)C)cc4)ncnc32)O[C@@H]1COC(c1ccccc1)(c1ccc(OC)cc1)c1ccc(OC)cc1.N.